The molecule has 7 N–H and O–H groups in total. The van der Waals surface area contributed by atoms with Gasteiger partial charge >= 0.3 is 5.97 Å². The molecular weight excluding hydrogens is 648 g/mol. The van der Waals surface area contributed by atoms with Gasteiger partial charge in [-0.05, 0) is 106 Å². The molecule has 6 fully saturated rings. The molecule has 284 valence electrons. The van der Waals surface area contributed by atoms with E-state index >= 15 is 0 Å². The molecule has 0 spiro atoms. The van der Waals surface area contributed by atoms with E-state index in [1.54, 1.807) is 0 Å². The van der Waals surface area contributed by atoms with E-state index in [4.69, 9.17) is 4.74 Å². The smallest absolute Gasteiger partial charge is 0.331 e. The molecule has 14 unspecified atom stereocenters. The van der Waals surface area contributed by atoms with Crippen molar-refractivity contribution in [3.8, 4) is 0 Å². The summed E-state index contributed by atoms with van der Waals surface area (Å²) in [6.45, 7) is 5.94. The predicted octanol–water partition coefficient (Wildman–Crippen LogP) is 2.80. The number of hydrogen-bond acceptors (Lipinski definition) is 10. The van der Waals surface area contributed by atoms with Crippen LogP contribution >= 0.6 is 0 Å². The van der Waals surface area contributed by atoms with Crippen LogP contribution in [-0.2, 0) is 14.3 Å². The Kier molecular flexibility index (Phi) is 8.86. The SMILES string of the molecule is CNCCNCC1=CC2CC3(O)C4(O)CC5CC(C(C)C6CCCC6)CCC6C(O)CCC(C=O)(C4CCC3(C)C2(CO)C2=CC(=O)OC12)C56O. The molecule has 6 saturated carbocycles. The molecule has 0 aromatic heterocycles. The van der Waals surface area contributed by atoms with Crippen molar-refractivity contribution in [3.63, 3.8) is 0 Å². The lowest BCUT2D eigenvalue weighted by atomic mass is 9.35. The van der Waals surface area contributed by atoms with Crippen LogP contribution < -0.4 is 10.6 Å². The maximum atomic E-state index is 13.9. The summed E-state index contributed by atoms with van der Waals surface area (Å²) >= 11 is 0. The van der Waals surface area contributed by atoms with Gasteiger partial charge in [0.1, 0.15) is 18.0 Å². The van der Waals surface area contributed by atoms with E-state index in [1.165, 1.54) is 31.8 Å². The Morgan fingerprint density at radius 1 is 1.02 bits per heavy atom. The summed E-state index contributed by atoms with van der Waals surface area (Å²) in [4.78, 5) is 26.9. The van der Waals surface area contributed by atoms with Gasteiger partial charge < -0.3 is 45.7 Å². The second-order valence-corrected chi connectivity index (χ2v) is 18.7. The van der Waals surface area contributed by atoms with Crippen LogP contribution in [0.4, 0.5) is 0 Å². The second-order valence-electron chi connectivity index (χ2n) is 18.7. The van der Waals surface area contributed by atoms with Crippen molar-refractivity contribution in [1.82, 2.24) is 10.6 Å². The molecule has 7 aliphatic carbocycles. The zero-order valence-corrected chi connectivity index (χ0v) is 30.9. The Morgan fingerprint density at radius 2 is 1.78 bits per heavy atom. The van der Waals surface area contributed by atoms with Crippen molar-refractivity contribution in [2.45, 2.75) is 126 Å². The topological polar surface area (TPSA) is 169 Å². The van der Waals surface area contributed by atoms with E-state index in [2.05, 4.69) is 23.6 Å². The van der Waals surface area contributed by atoms with Crippen LogP contribution in [0.15, 0.2) is 23.3 Å². The molecule has 10 heteroatoms. The van der Waals surface area contributed by atoms with Gasteiger partial charge in [0.2, 0.25) is 0 Å². The number of aliphatic hydroxyl groups excluding tert-OH is 2. The fourth-order valence-corrected chi connectivity index (χ4v) is 14.9. The summed E-state index contributed by atoms with van der Waals surface area (Å²) in [6, 6.07) is 0. The van der Waals surface area contributed by atoms with E-state index in [-0.39, 0.29) is 31.8 Å². The third-order valence-corrected chi connectivity index (χ3v) is 17.4. The van der Waals surface area contributed by atoms with Crippen LogP contribution in [0.25, 0.3) is 0 Å². The average Bonchev–Trinajstić information content (AvgIpc) is 3.80. The number of ether oxygens (including phenoxy) is 1. The summed E-state index contributed by atoms with van der Waals surface area (Å²) in [5.41, 5.74) is -6.91. The van der Waals surface area contributed by atoms with Crippen LogP contribution in [0.1, 0.15) is 97.3 Å². The van der Waals surface area contributed by atoms with Gasteiger partial charge in [-0.1, -0.05) is 45.6 Å². The number of aldehydes is 1. The molecule has 0 aromatic carbocycles. The Bertz CT molecular complexity index is 1480. The van der Waals surface area contributed by atoms with Crippen molar-refractivity contribution in [3.05, 3.63) is 23.3 Å². The van der Waals surface area contributed by atoms with Crippen LogP contribution in [0.2, 0.25) is 0 Å². The first kappa shape index (κ1) is 36.3. The summed E-state index contributed by atoms with van der Waals surface area (Å²) in [6.07, 6.45) is 11.8. The van der Waals surface area contributed by atoms with Crippen molar-refractivity contribution in [2.24, 2.45) is 57.7 Å². The number of rotatable bonds is 9. The molecule has 0 bridgehead atoms. The van der Waals surface area contributed by atoms with Gasteiger partial charge in [-0.2, -0.15) is 0 Å². The first-order valence-corrected chi connectivity index (χ1v) is 20.2. The zero-order valence-electron chi connectivity index (χ0n) is 30.9. The first-order chi connectivity index (χ1) is 24.3. The van der Waals surface area contributed by atoms with Gasteiger partial charge in [0.15, 0.2) is 0 Å². The molecule has 0 amide bonds. The van der Waals surface area contributed by atoms with Gasteiger partial charge in [-0.15, -0.1) is 0 Å². The third kappa shape index (κ3) is 4.47. The third-order valence-electron chi connectivity index (χ3n) is 17.4. The number of aliphatic hydroxyl groups is 5. The molecule has 8 aliphatic rings. The van der Waals surface area contributed by atoms with Crippen LogP contribution in [0, 0.1) is 57.7 Å². The molecule has 8 rings (SSSR count). The summed E-state index contributed by atoms with van der Waals surface area (Å²) in [7, 11) is 1.89. The molecule has 0 radical (unpaired) electrons. The maximum absolute atomic E-state index is 13.9. The molecule has 1 heterocycles. The van der Waals surface area contributed by atoms with E-state index in [0.29, 0.717) is 62.6 Å². The highest BCUT2D eigenvalue weighted by atomic mass is 16.5. The van der Waals surface area contributed by atoms with Crippen molar-refractivity contribution < 1.29 is 39.9 Å². The van der Waals surface area contributed by atoms with Crippen molar-refractivity contribution in [1.29, 1.82) is 0 Å². The Balaban J connectivity index is 1.24. The quantitative estimate of drug-likeness (QED) is 0.0818. The number of fused-ring (bicyclic) bond motifs is 8. The van der Waals surface area contributed by atoms with E-state index in [9.17, 15) is 35.1 Å². The van der Waals surface area contributed by atoms with Crippen LogP contribution in [0.5, 0.6) is 0 Å². The predicted molar refractivity (Wildman–Crippen MR) is 190 cm³/mol. The molecule has 14 atom stereocenters. The number of esters is 1. The van der Waals surface area contributed by atoms with E-state index in [0.717, 1.165) is 24.8 Å². The zero-order chi connectivity index (χ0) is 36.2. The molecule has 51 heavy (non-hydrogen) atoms. The van der Waals surface area contributed by atoms with Gasteiger partial charge in [0.05, 0.1) is 29.3 Å². The monoisotopic (exact) mass is 710 g/mol. The van der Waals surface area contributed by atoms with Crippen LogP contribution in [-0.4, -0.2) is 100 Å². The minimum absolute atomic E-state index is 0.126. The maximum Gasteiger partial charge on any atom is 0.331 e. The molecule has 1 aliphatic heterocycles. The van der Waals surface area contributed by atoms with Crippen molar-refractivity contribution in [2.75, 3.05) is 33.3 Å². The van der Waals surface area contributed by atoms with Gasteiger partial charge in [-0.25, -0.2) is 4.79 Å². The lowest BCUT2D eigenvalue weighted by Gasteiger charge is -2.72. The lowest BCUT2D eigenvalue weighted by Crippen LogP contribution is -2.81. The number of allylic oxidation sites excluding steroid dienone is 1. The van der Waals surface area contributed by atoms with Crippen LogP contribution in [0.3, 0.4) is 0 Å². The van der Waals surface area contributed by atoms with Gasteiger partial charge in [0, 0.05) is 48.4 Å². The summed E-state index contributed by atoms with van der Waals surface area (Å²) in [5, 5.41) is 70.2. The minimum atomic E-state index is -1.76. The molecule has 0 aromatic rings. The van der Waals surface area contributed by atoms with E-state index < -0.39 is 74.9 Å². The Morgan fingerprint density at radius 3 is 2.49 bits per heavy atom. The Labute approximate surface area is 302 Å². The highest BCUT2D eigenvalue weighted by Crippen LogP contribution is 2.79. The normalized spacial score (nSPS) is 50.8. The second kappa shape index (κ2) is 12.4. The highest BCUT2D eigenvalue weighted by Gasteiger charge is 2.84. The Hall–Kier alpha value is -1.66. The largest absolute Gasteiger partial charge is 0.450 e. The molecule has 0 saturated heterocycles. The van der Waals surface area contributed by atoms with Gasteiger partial charge in [-0.3, -0.25) is 0 Å². The number of likely N-dealkylation sites (N-methyl/N-ethyl adjacent to an activating group) is 1. The number of carbonyl (C=O) groups is 2. The molecular formula is C41H62N2O8. The summed E-state index contributed by atoms with van der Waals surface area (Å²) < 4.78 is 5.92. The first-order valence-electron chi connectivity index (χ1n) is 20.2. The average molecular weight is 711 g/mol. The van der Waals surface area contributed by atoms with Crippen molar-refractivity contribution >= 4 is 12.3 Å². The lowest BCUT2D eigenvalue weighted by molar-refractivity contribution is -0.345. The minimum Gasteiger partial charge on any atom is -0.450 e. The summed E-state index contributed by atoms with van der Waals surface area (Å²) in [5.74, 6) is -1.24. The molecule has 10 nitrogen and oxygen atoms in total. The van der Waals surface area contributed by atoms with E-state index in [1.807, 2.05) is 14.0 Å². The highest BCUT2D eigenvalue weighted by molar-refractivity contribution is 5.87. The fraction of sp³-hybridized carbons (Fsp3) is 0.854. The fourth-order valence-electron chi connectivity index (χ4n) is 14.9. The van der Waals surface area contributed by atoms with Gasteiger partial charge in [0.25, 0.3) is 0 Å². The number of nitrogens with one attached hydrogen (secondary N) is 2. The number of carbonyl (C=O) groups excluding carboxylic acids is 2. The number of hydrogen-bond donors (Lipinski definition) is 7. The standard InChI is InChI=1S/C41H62N2O8/c1-24(25-6-4-5-7-25)26-8-9-30-32(46)10-13-37(22-44)33-11-12-36(2)38(23-45)28(20-40(36,49)39(33,48)19-29(16-26)41(30,37)50)17-27(21-43-15-14-42-3)35-31(38)18-34(47)51-35/h17-18,22,24-26,28-30,32-33,35,42-43,45-46,48-50H,4-16,19-21,23H2,1-3H3.